The molecule has 0 N–H and O–H groups in total. The SMILES string of the molecule is Fc1ccc(-n2c(-c3cnc(N4CCCC4)nc3)nc3ccncc32)nc1. The largest absolute Gasteiger partial charge is 0.341 e. The van der Waals surface area contributed by atoms with E-state index in [2.05, 4.69) is 24.8 Å². The summed E-state index contributed by atoms with van der Waals surface area (Å²) in [4.78, 5) is 24.3. The van der Waals surface area contributed by atoms with Gasteiger partial charge >= 0.3 is 0 Å². The first-order valence-electron chi connectivity index (χ1n) is 8.81. The van der Waals surface area contributed by atoms with Crippen molar-refractivity contribution in [1.29, 1.82) is 0 Å². The van der Waals surface area contributed by atoms with Crippen molar-refractivity contribution in [2.24, 2.45) is 0 Å². The van der Waals surface area contributed by atoms with E-state index in [0.717, 1.165) is 35.6 Å². The van der Waals surface area contributed by atoms with Gasteiger partial charge in [-0.25, -0.2) is 24.3 Å². The number of aromatic nitrogens is 6. The lowest BCUT2D eigenvalue weighted by Gasteiger charge is -2.14. The van der Waals surface area contributed by atoms with Crippen LogP contribution in [0, 0.1) is 5.82 Å². The van der Waals surface area contributed by atoms with Gasteiger partial charge in [-0.2, -0.15) is 0 Å². The van der Waals surface area contributed by atoms with Crippen LogP contribution in [-0.2, 0) is 0 Å². The fraction of sp³-hybridized carbons (Fsp3) is 0.211. The van der Waals surface area contributed by atoms with Crippen LogP contribution >= 0.6 is 0 Å². The molecular weight excluding hydrogens is 345 g/mol. The van der Waals surface area contributed by atoms with Crippen LogP contribution in [0.1, 0.15) is 12.8 Å². The highest BCUT2D eigenvalue weighted by atomic mass is 19.1. The summed E-state index contributed by atoms with van der Waals surface area (Å²) >= 11 is 0. The molecule has 5 rings (SSSR count). The molecule has 1 fully saturated rings. The van der Waals surface area contributed by atoms with Gasteiger partial charge < -0.3 is 4.90 Å². The average molecular weight is 361 g/mol. The quantitative estimate of drug-likeness (QED) is 0.559. The van der Waals surface area contributed by atoms with Crippen molar-refractivity contribution in [3.8, 4) is 17.2 Å². The summed E-state index contributed by atoms with van der Waals surface area (Å²) in [7, 11) is 0. The Kier molecular flexibility index (Phi) is 3.74. The number of halogens is 1. The maximum atomic E-state index is 13.3. The first-order valence-corrected chi connectivity index (χ1v) is 8.81. The maximum absolute atomic E-state index is 13.3. The number of imidazole rings is 1. The van der Waals surface area contributed by atoms with Crippen LogP contribution in [0.15, 0.2) is 49.2 Å². The van der Waals surface area contributed by atoms with Crippen LogP contribution in [0.2, 0.25) is 0 Å². The molecule has 5 heterocycles. The lowest BCUT2D eigenvalue weighted by atomic mass is 10.3. The highest BCUT2D eigenvalue weighted by molar-refractivity contribution is 5.81. The molecule has 1 aliphatic heterocycles. The summed E-state index contributed by atoms with van der Waals surface area (Å²) < 4.78 is 15.2. The summed E-state index contributed by atoms with van der Waals surface area (Å²) in [6.45, 7) is 1.98. The second-order valence-electron chi connectivity index (χ2n) is 6.44. The van der Waals surface area contributed by atoms with E-state index in [0.29, 0.717) is 11.6 Å². The Bertz CT molecular complexity index is 1080. The zero-order chi connectivity index (χ0) is 18.2. The topological polar surface area (TPSA) is 72.6 Å². The Morgan fingerprint density at radius 3 is 2.44 bits per heavy atom. The molecule has 27 heavy (non-hydrogen) atoms. The van der Waals surface area contributed by atoms with E-state index in [-0.39, 0.29) is 5.82 Å². The molecule has 0 amide bonds. The van der Waals surface area contributed by atoms with E-state index in [1.165, 1.54) is 25.1 Å². The highest BCUT2D eigenvalue weighted by Crippen LogP contribution is 2.27. The number of fused-ring (bicyclic) bond motifs is 1. The van der Waals surface area contributed by atoms with Crippen molar-refractivity contribution in [1.82, 2.24) is 29.5 Å². The monoisotopic (exact) mass is 361 g/mol. The van der Waals surface area contributed by atoms with E-state index in [9.17, 15) is 4.39 Å². The van der Waals surface area contributed by atoms with Crippen molar-refractivity contribution in [2.45, 2.75) is 12.8 Å². The summed E-state index contributed by atoms with van der Waals surface area (Å²) in [5.41, 5.74) is 2.32. The Balaban J connectivity index is 1.64. The van der Waals surface area contributed by atoms with E-state index in [1.54, 1.807) is 30.9 Å². The first-order chi connectivity index (χ1) is 13.3. The third kappa shape index (κ3) is 2.79. The third-order valence-corrected chi connectivity index (χ3v) is 4.68. The van der Waals surface area contributed by atoms with Crippen LogP contribution in [0.3, 0.4) is 0 Å². The van der Waals surface area contributed by atoms with Gasteiger partial charge in [0.15, 0.2) is 0 Å². The molecule has 134 valence electrons. The minimum absolute atomic E-state index is 0.388. The molecule has 0 spiro atoms. The molecule has 1 saturated heterocycles. The van der Waals surface area contributed by atoms with Gasteiger partial charge in [-0.05, 0) is 31.0 Å². The second kappa shape index (κ2) is 6.39. The fourth-order valence-corrected chi connectivity index (χ4v) is 3.37. The van der Waals surface area contributed by atoms with Gasteiger partial charge in [0, 0.05) is 31.7 Å². The molecule has 1 aliphatic rings. The lowest BCUT2D eigenvalue weighted by Crippen LogP contribution is -2.20. The van der Waals surface area contributed by atoms with Crippen LogP contribution in [-0.4, -0.2) is 42.6 Å². The van der Waals surface area contributed by atoms with Crippen LogP contribution in [0.5, 0.6) is 0 Å². The molecule has 8 heteroatoms. The van der Waals surface area contributed by atoms with Crippen molar-refractivity contribution in [3.05, 3.63) is 55.0 Å². The van der Waals surface area contributed by atoms with Gasteiger partial charge in [-0.1, -0.05) is 0 Å². The Morgan fingerprint density at radius 2 is 1.70 bits per heavy atom. The smallest absolute Gasteiger partial charge is 0.225 e. The van der Waals surface area contributed by atoms with Crippen molar-refractivity contribution < 1.29 is 4.39 Å². The molecule has 4 aromatic heterocycles. The number of nitrogens with zero attached hydrogens (tertiary/aromatic N) is 7. The third-order valence-electron chi connectivity index (χ3n) is 4.68. The number of hydrogen-bond acceptors (Lipinski definition) is 6. The Hall–Kier alpha value is -3.42. The summed E-state index contributed by atoms with van der Waals surface area (Å²) in [5, 5.41) is 0. The molecule has 0 aliphatic carbocycles. The van der Waals surface area contributed by atoms with E-state index < -0.39 is 0 Å². The molecule has 0 aromatic carbocycles. The number of anilines is 1. The Labute approximate surface area is 154 Å². The molecule has 0 atom stereocenters. The van der Waals surface area contributed by atoms with Crippen molar-refractivity contribution >= 4 is 17.0 Å². The lowest BCUT2D eigenvalue weighted by molar-refractivity contribution is 0.620. The zero-order valence-electron chi connectivity index (χ0n) is 14.5. The van der Waals surface area contributed by atoms with Crippen LogP contribution in [0.4, 0.5) is 10.3 Å². The molecule has 0 radical (unpaired) electrons. The van der Waals surface area contributed by atoms with Crippen LogP contribution < -0.4 is 4.90 Å². The van der Waals surface area contributed by atoms with E-state index >= 15 is 0 Å². The van der Waals surface area contributed by atoms with Gasteiger partial charge in [0.05, 0.1) is 29.0 Å². The molecular formula is C19H16FN7. The maximum Gasteiger partial charge on any atom is 0.225 e. The average Bonchev–Trinajstić information content (AvgIpc) is 3.37. The van der Waals surface area contributed by atoms with Gasteiger partial charge in [0.25, 0.3) is 0 Å². The molecule has 4 aromatic rings. The molecule has 0 saturated carbocycles. The molecule has 0 unspecified atom stereocenters. The first kappa shape index (κ1) is 15.8. The summed E-state index contributed by atoms with van der Waals surface area (Å²) in [5.74, 6) is 1.55. The van der Waals surface area contributed by atoms with Crippen molar-refractivity contribution in [3.63, 3.8) is 0 Å². The summed E-state index contributed by atoms with van der Waals surface area (Å²) in [6.07, 6.45) is 10.5. The minimum Gasteiger partial charge on any atom is -0.341 e. The predicted octanol–water partition coefficient (Wildman–Crippen LogP) is 3.01. The van der Waals surface area contributed by atoms with Gasteiger partial charge in [-0.15, -0.1) is 0 Å². The molecule has 0 bridgehead atoms. The number of rotatable bonds is 3. The van der Waals surface area contributed by atoms with Crippen molar-refractivity contribution in [2.75, 3.05) is 18.0 Å². The second-order valence-corrected chi connectivity index (χ2v) is 6.44. The minimum atomic E-state index is -0.388. The summed E-state index contributed by atoms with van der Waals surface area (Å²) in [6, 6.07) is 4.83. The van der Waals surface area contributed by atoms with Crippen LogP contribution in [0.25, 0.3) is 28.2 Å². The predicted molar refractivity (Wildman–Crippen MR) is 99.1 cm³/mol. The van der Waals surface area contributed by atoms with E-state index in [4.69, 9.17) is 4.98 Å². The fourth-order valence-electron chi connectivity index (χ4n) is 3.37. The standard InChI is InChI=1S/C19H16FN7/c20-14-3-4-17(22-11-14)27-16-12-21-6-5-15(16)25-18(27)13-9-23-19(24-10-13)26-7-1-2-8-26/h3-6,9-12H,1-2,7-8H2. The number of hydrogen-bond donors (Lipinski definition) is 0. The Morgan fingerprint density at radius 1 is 0.889 bits per heavy atom. The van der Waals surface area contributed by atoms with Gasteiger partial charge in [-0.3, -0.25) is 9.55 Å². The normalized spacial score (nSPS) is 14.2. The van der Waals surface area contributed by atoms with Gasteiger partial charge in [0.1, 0.15) is 17.5 Å². The highest BCUT2D eigenvalue weighted by Gasteiger charge is 2.18. The van der Waals surface area contributed by atoms with E-state index in [1.807, 2.05) is 10.6 Å². The number of pyridine rings is 2. The zero-order valence-corrected chi connectivity index (χ0v) is 14.5. The van der Waals surface area contributed by atoms with Gasteiger partial charge in [0.2, 0.25) is 5.95 Å². The molecule has 7 nitrogen and oxygen atoms in total.